The van der Waals surface area contributed by atoms with Crippen LogP contribution in [0.3, 0.4) is 0 Å². The lowest BCUT2D eigenvalue weighted by Gasteiger charge is -2.26. The van der Waals surface area contributed by atoms with Crippen molar-refractivity contribution in [2.24, 2.45) is 0 Å². The molecule has 2 atom stereocenters. The van der Waals surface area contributed by atoms with E-state index in [9.17, 15) is 19.5 Å². The number of carboxylic acid groups (broad SMARTS) is 1. The van der Waals surface area contributed by atoms with Gasteiger partial charge < -0.3 is 14.6 Å². The number of nitrogens with zero attached hydrogens (tertiary/aromatic N) is 1. The minimum Gasteiger partial charge on any atom is -0.478 e. The largest absolute Gasteiger partial charge is 0.478 e. The highest BCUT2D eigenvalue weighted by atomic mass is 16.6. The Bertz CT molecular complexity index is 592. The van der Waals surface area contributed by atoms with E-state index in [0.29, 0.717) is 10.5 Å². The molecule has 2 amide bonds. The van der Waals surface area contributed by atoms with Crippen molar-refractivity contribution in [1.29, 1.82) is 0 Å². The first kappa shape index (κ1) is 15.8. The summed E-state index contributed by atoms with van der Waals surface area (Å²) in [6, 6.07) is 7.30. The van der Waals surface area contributed by atoms with E-state index in [-0.39, 0.29) is 0 Å². The quantitative estimate of drug-likeness (QED) is 0.902. The lowest BCUT2D eigenvalue weighted by molar-refractivity contribution is -0.146. The number of imide groups is 1. The molecule has 1 saturated heterocycles. The summed E-state index contributed by atoms with van der Waals surface area (Å²) in [4.78, 5) is 36.2. The SMILES string of the molecule is CC(C)(C)OC(=O)N1C(=O)O[C@@H](C(=O)O)[C@@H]1c1ccccc1. The Hall–Kier alpha value is -2.57. The Morgan fingerprint density at radius 1 is 1.23 bits per heavy atom. The standard InChI is InChI=1S/C15H17NO6/c1-15(2,3)22-14(20)16-10(9-7-5-4-6-8-9)11(12(17)18)21-13(16)19/h4-8,10-11H,1-3H3,(H,17,18)/t10-,11+/m0/s1. The third-order valence-electron chi connectivity index (χ3n) is 2.96. The van der Waals surface area contributed by atoms with Crippen LogP contribution >= 0.6 is 0 Å². The van der Waals surface area contributed by atoms with Gasteiger partial charge in [-0.25, -0.2) is 19.3 Å². The summed E-state index contributed by atoms with van der Waals surface area (Å²) in [5.74, 6) is -1.33. The maximum Gasteiger partial charge on any atom is 0.420 e. The minimum absolute atomic E-state index is 0.478. The smallest absolute Gasteiger partial charge is 0.420 e. The highest BCUT2D eigenvalue weighted by Gasteiger charge is 2.51. The van der Waals surface area contributed by atoms with Crippen LogP contribution in [0.15, 0.2) is 30.3 Å². The lowest BCUT2D eigenvalue weighted by Crippen LogP contribution is -2.40. The van der Waals surface area contributed by atoms with Crippen molar-refractivity contribution >= 4 is 18.2 Å². The fourth-order valence-electron chi connectivity index (χ4n) is 2.14. The molecule has 1 N–H and O–H groups in total. The van der Waals surface area contributed by atoms with E-state index in [2.05, 4.69) is 0 Å². The van der Waals surface area contributed by atoms with Gasteiger partial charge in [0.15, 0.2) is 0 Å². The molecule has 2 rings (SSSR count). The van der Waals surface area contributed by atoms with Gasteiger partial charge in [-0.2, -0.15) is 0 Å². The predicted octanol–water partition coefficient (Wildman–Crippen LogP) is 2.57. The number of carbonyl (C=O) groups excluding carboxylic acids is 2. The first-order valence-corrected chi connectivity index (χ1v) is 6.71. The van der Waals surface area contributed by atoms with Gasteiger partial charge in [-0.05, 0) is 26.3 Å². The van der Waals surface area contributed by atoms with Crippen LogP contribution in [0.4, 0.5) is 9.59 Å². The Kier molecular flexibility index (Phi) is 4.07. The number of carbonyl (C=O) groups is 3. The topological polar surface area (TPSA) is 93.1 Å². The molecule has 1 aliphatic rings. The molecule has 0 aromatic heterocycles. The van der Waals surface area contributed by atoms with Gasteiger partial charge in [-0.1, -0.05) is 30.3 Å². The second-order valence-electron chi connectivity index (χ2n) is 5.85. The monoisotopic (exact) mass is 307 g/mol. The Balaban J connectivity index is 2.39. The minimum atomic E-state index is -1.47. The molecule has 1 aliphatic heterocycles. The van der Waals surface area contributed by atoms with Crippen molar-refractivity contribution in [1.82, 2.24) is 4.90 Å². The van der Waals surface area contributed by atoms with Gasteiger partial charge in [0.1, 0.15) is 11.6 Å². The summed E-state index contributed by atoms with van der Waals surface area (Å²) >= 11 is 0. The van der Waals surface area contributed by atoms with Crippen molar-refractivity contribution in [2.45, 2.75) is 38.5 Å². The molecule has 1 fully saturated rings. The highest BCUT2D eigenvalue weighted by molar-refractivity contribution is 5.93. The van der Waals surface area contributed by atoms with Crippen LogP contribution in [0.25, 0.3) is 0 Å². The zero-order valence-electron chi connectivity index (χ0n) is 12.5. The lowest BCUT2D eigenvalue weighted by atomic mass is 10.0. The second-order valence-corrected chi connectivity index (χ2v) is 5.85. The average molecular weight is 307 g/mol. The van der Waals surface area contributed by atoms with Crippen molar-refractivity contribution in [3.63, 3.8) is 0 Å². The summed E-state index contributed by atoms with van der Waals surface area (Å²) in [5, 5.41) is 9.24. The summed E-state index contributed by atoms with van der Waals surface area (Å²) < 4.78 is 9.99. The summed E-state index contributed by atoms with van der Waals surface area (Å²) in [6.07, 6.45) is -3.44. The van der Waals surface area contributed by atoms with Crippen molar-refractivity contribution < 1.29 is 29.0 Å². The maximum atomic E-state index is 12.2. The normalized spacial score (nSPS) is 21.4. The number of cyclic esters (lactones) is 1. The fraction of sp³-hybridized carbons (Fsp3) is 0.400. The number of hydrogen-bond acceptors (Lipinski definition) is 5. The summed E-state index contributed by atoms with van der Waals surface area (Å²) in [5.41, 5.74) is -0.341. The summed E-state index contributed by atoms with van der Waals surface area (Å²) in [7, 11) is 0. The van der Waals surface area contributed by atoms with E-state index in [4.69, 9.17) is 9.47 Å². The molecule has 1 aromatic rings. The Morgan fingerprint density at radius 3 is 2.32 bits per heavy atom. The molecule has 118 valence electrons. The number of hydrogen-bond donors (Lipinski definition) is 1. The van der Waals surface area contributed by atoms with Crippen LogP contribution in [0, 0.1) is 0 Å². The molecule has 1 aromatic carbocycles. The van der Waals surface area contributed by atoms with E-state index in [1.807, 2.05) is 0 Å². The molecule has 0 aliphatic carbocycles. The van der Waals surface area contributed by atoms with E-state index < -0.39 is 35.9 Å². The van der Waals surface area contributed by atoms with E-state index in [0.717, 1.165) is 0 Å². The number of aliphatic carboxylic acids is 1. The van der Waals surface area contributed by atoms with Gasteiger partial charge in [-0.15, -0.1) is 0 Å². The maximum absolute atomic E-state index is 12.2. The number of benzene rings is 1. The first-order chi connectivity index (χ1) is 10.2. The summed E-state index contributed by atoms with van der Waals surface area (Å²) in [6.45, 7) is 4.95. The van der Waals surface area contributed by atoms with Crippen LogP contribution in [0.5, 0.6) is 0 Å². The van der Waals surface area contributed by atoms with Crippen molar-refractivity contribution in [3.05, 3.63) is 35.9 Å². The Labute approximate surface area is 127 Å². The average Bonchev–Trinajstić information content (AvgIpc) is 2.75. The number of carboxylic acids is 1. The molecule has 7 nitrogen and oxygen atoms in total. The van der Waals surface area contributed by atoms with Gasteiger partial charge in [-0.3, -0.25) is 0 Å². The van der Waals surface area contributed by atoms with Crippen LogP contribution in [-0.2, 0) is 14.3 Å². The van der Waals surface area contributed by atoms with Crippen LogP contribution in [0.1, 0.15) is 32.4 Å². The number of ether oxygens (including phenoxy) is 2. The molecule has 1 heterocycles. The number of amides is 2. The zero-order chi connectivity index (χ0) is 16.5. The van der Waals surface area contributed by atoms with E-state index in [1.54, 1.807) is 51.1 Å². The second kappa shape index (κ2) is 5.67. The van der Waals surface area contributed by atoms with Gasteiger partial charge in [0, 0.05) is 0 Å². The van der Waals surface area contributed by atoms with Crippen LogP contribution in [0.2, 0.25) is 0 Å². The third-order valence-corrected chi connectivity index (χ3v) is 2.96. The number of rotatable bonds is 2. The van der Waals surface area contributed by atoms with Gasteiger partial charge >= 0.3 is 18.2 Å². The molecule has 0 unspecified atom stereocenters. The van der Waals surface area contributed by atoms with Crippen LogP contribution in [-0.4, -0.2) is 39.9 Å². The zero-order valence-corrected chi connectivity index (χ0v) is 12.5. The van der Waals surface area contributed by atoms with Gasteiger partial charge in [0.25, 0.3) is 0 Å². The molecular weight excluding hydrogens is 290 g/mol. The molecule has 0 spiro atoms. The molecular formula is C15H17NO6. The highest BCUT2D eigenvalue weighted by Crippen LogP contribution is 2.34. The predicted molar refractivity (Wildman–Crippen MR) is 75.2 cm³/mol. The molecule has 22 heavy (non-hydrogen) atoms. The van der Waals surface area contributed by atoms with E-state index >= 15 is 0 Å². The molecule has 0 radical (unpaired) electrons. The van der Waals surface area contributed by atoms with Crippen LogP contribution < -0.4 is 0 Å². The van der Waals surface area contributed by atoms with Gasteiger partial charge in [0.2, 0.25) is 6.10 Å². The molecule has 7 heteroatoms. The third kappa shape index (κ3) is 3.19. The van der Waals surface area contributed by atoms with Crippen molar-refractivity contribution in [3.8, 4) is 0 Å². The first-order valence-electron chi connectivity index (χ1n) is 6.71. The van der Waals surface area contributed by atoms with E-state index in [1.165, 1.54) is 0 Å². The van der Waals surface area contributed by atoms with Crippen molar-refractivity contribution in [2.75, 3.05) is 0 Å². The molecule has 0 saturated carbocycles. The Morgan fingerprint density at radius 2 is 1.82 bits per heavy atom. The fourth-order valence-corrected chi connectivity index (χ4v) is 2.14. The van der Waals surface area contributed by atoms with Gasteiger partial charge in [0.05, 0.1) is 0 Å². The molecule has 0 bridgehead atoms.